The lowest BCUT2D eigenvalue weighted by molar-refractivity contribution is -0.141. The van der Waals surface area contributed by atoms with Gasteiger partial charge in [0.2, 0.25) is 0 Å². The Morgan fingerprint density at radius 3 is 2.50 bits per heavy atom. The molecule has 4 heteroatoms. The SMILES string of the molecule is CCN(CC)c1ccc(/C=C/C(=O)OC(C)C)c(Cl)c1. The van der Waals surface area contributed by atoms with Gasteiger partial charge in [0.25, 0.3) is 0 Å². The summed E-state index contributed by atoms with van der Waals surface area (Å²) >= 11 is 6.25. The molecule has 0 amide bonds. The molecule has 0 radical (unpaired) electrons. The summed E-state index contributed by atoms with van der Waals surface area (Å²) in [6, 6.07) is 5.84. The Kier molecular flexibility index (Phi) is 6.59. The van der Waals surface area contributed by atoms with Crippen LogP contribution in [0.1, 0.15) is 33.3 Å². The van der Waals surface area contributed by atoms with E-state index in [-0.39, 0.29) is 12.1 Å². The fourth-order valence-electron chi connectivity index (χ4n) is 1.87. The molecule has 0 aromatic heterocycles. The smallest absolute Gasteiger partial charge is 0.331 e. The van der Waals surface area contributed by atoms with Crippen LogP contribution in [0.3, 0.4) is 0 Å². The zero-order valence-corrected chi connectivity index (χ0v) is 13.3. The van der Waals surface area contributed by atoms with E-state index in [0.717, 1.165) is 24.3 Å². The maximum absolute atomic E-state index is 11.4. The van der Waals surface area contributed by atoms with Crippen LogP contribution in [0, 0.1) is 0 Å². The summed E-state index contributed by atoms with van der Waals surface area (Å²) in [6.07, 6.45) is 2.96. The summed E-state index contributed by atoms with van der Waals surface area (Å²) in [5, 5.41) is 0.628. The lowest BCUT2D eigenvalue weighted by atomic mass is 10.1. The molecule has 0 saturated carbocycles. The number of halogens is 1. The molecule has 0 atom stereocenters. The number of nitrogens with zero attached hydrogens (tertiary/aromatic N) is 1. The Morgan fingerprint density at radius 2 is 2.00 bits per heavy atom. The molecule has 0 aliphatic rings. The monoisotopic (exact) mass is 295 g/mol. The van der Waals surface area contributed by atoms with Gasteiger partial charge in [-0.25, -0.2) is 4.79 Å². The Hall–Kier alpha value is -1.48. The molecule has 0 aliphatic carbocycles. The average Bonchev–Trinajstić information content (AvgIpc) is 2.38. The van der Waals surface area contributed by atoms with Crippen molar-refractivity contribution in [3.05, 3.63) is 34.9 Å². The third-order valence-electron chi connectivity index (χ3n) is 2.86. The van der Waals surface area contributed by atoms with Gasteiger partial charge in [0.1, 0.15) is 0 Å². The number of rotatable bonds is 6. The second-order valence-corrected chi connectivity index (χ2v) is 5.10. The van der Waals surface area contributed by atoms with E-state index in [2.05, 4.69) is 18.7 Å². The Bertz CT molecular complexity index is 479. The number of hydrogen-bond acceptors (Lipinski definition) is 3. The number of carbonyl (C=O) groups excluding carboxylic acids is 1. The molecule has 110 valence electrons. The lowest BCUT2D eigenvalue weighted by Gasteiger charge is -2.21. The molecule has 0 N–H and O–H groups in total. The second-order valence-electron chi connectivity index (χ2n) is 4.70. The van der Waals surface area contributed by atoms with Gasteiger partial charge in [-0.1, -0.05) is 17.7 Å². The molecule has 20 heavy (non-hydrogen) atoms. The highest BCUT2D eigenvalue weighted by molar-refractivity contribution is 6.32. The van der Waals surface area contributed by atoms with Crippen molar-refractivity contribution in [3.63, 3.8) is 0 Å². The highest BCUT2D eigenvalue weighted by Crippen LogP contribution is 2.24. The van der Waals surface area contributed by atoms with Gasteiger partial charge in [-0.2, -0.15) is 0 Å². The minimum atomic E-state index is -0.358. The van der Waals surface area contributed by atoms with Gasteiger partial charge in [-0.15, -0.1) is 0 Å². The maximum Gasteiger partial charge on any atom is 0.331 e. The van der Waals surface area contributed by atoms with Gasteiger partial charge >= 0.3 is 5.97 Å². The van der Waals surface area contributed by atoms with Crippen molar-refractivity contribution in [1.82, 2.24) is 0 Å². The molecule has 1 rings (SSSR count). The molecular formula is C16H22ClNO2. The van der Waals surface area contributed by atoms with Crippen LogP contribution in [0.5, 0.6) is 0 Å². The molecule has 0 unspecified atom stereocenters. The van der Waals surface area contributed by atoms with Crippen LogP contribution < -0.4 is 4.90 Å². The van der Waals surface area contributed by atoms with E-state index in [4.69, 9.17) is 16.3 Å². The second kappa shape index (κ2) is 7.95. The third kappa shape index (κ3) is 4.89. The Balaban J connectivity index is 2.83. The first-order chi connectivity index (χ1) is 9.47. The van der Waals surface area contributed by atoms with Gasteiger partial charge < -0.3 is 9.64 Å². The summed E-state index contributed by atoms with van der Waals surface area (Å²) in [6.45, 7) is 9.71. The van der Waals surface area contributed by atoms with Crippen LogP contribution >= 0.6 is 11.6 Å². The summed E-state index contributed by atoms with van der Waals surface area (Å²) in [5.74, 6) is -0.358. The zero-order chi connectivity index (χ0) is 15.1. The van der Waals surface area contributed by atoms with Gasteiger partial charge in [0.05, 0.1) is 6.10 Å². The summed E-state index contributed by atoms with van der Waals surface area (Å²) in [5.41, 5.74) is 1.89. The van der Waals surface area contributed by atoms with Gasteiger partial charge in [-0.3, -0.25) is 0 Å². The zero-order valence-electron chi connectivity index (χ0n) is 12.5. The summed E-state index contributed by atoms with van der Waals surface area (Å²) in [4.78, 5) is 13.7. The Morgan fingerprint density at radius 1 is 1.35 bits per heavy atom. The molecule has 0 heterocycles. The van der Waals surface area contributed by atoms with Crippen molar-refractivity contribution >= 4 is 29.3 Å². The van der Waals surface area contributed by atoms with E-state index in [1.54, 1.807) is 6.08 Å². The molecule has 0 fully saturated rings. The molecule has 0 bridgehead atoms. The number of hydrogen-bond donors (Lipinski definition) is 0. The van der Waals surface area contributed by atoms with Crippen LogP contribution in [-0.2, 0) is 9.53 Å². The predicted molar refractivity (Wildman–Crippen MR) is 85.3 cm³/mol. The highest BCUT2D eigenvalue weighted by Gasteiger charge is 2.05. The van der Waals surface area contributed by atoms with Gasteiger partial charge in [0, 0.05) is 29.9 Å². The van der Waals surface area contributed by atoms with Crippen molar-refractivity contribution < 1.29 is 9.53 Å². The minimum Gasteiger partial charge on any atom is -0.460 e. The van der Waals surface area contributed by atoms with Gasteiger partial charge in [-0.05, 0) is 51.5 Å². The van der Waals surface area contributed by atoms with Crippen molar-refractivity contribution in [1.29, 1.82) is 0 Å². The minimum absolute atomic E-state index is 0.118. The Labute approximate surface area is 126 Å². The van der Waals surface area contributed by atoms with Gasteiger partial charge in [0.15, 0.2) is 0 Å². The molecule has 3 nitrogen and oxygen atoms in total. The van der Waals surface area contributed by atoms with E-state index in [9.17, 15) is 4.79 Å². The predicted octanol–water partition coefficient (Wildman–Crippen LogP) is 4.15. The van der Waals surface area contributed by atoms with E-state index < -0.39 is 0 Å². The fraction of sp³-hybridized carbons (Fsp3) is 0.438. The molecule has 0 aliphatic heterocycles. The fourth-order valence-corrected chi connectivity index (χ4v) is 2.10. The standard InChI is InChI=1S/C16H22ClNO2/c1-5-18(6-2)14-9-7-13(15(17)11-14)8-10-16(19)20-12(3)4/h7-12H,5-6H2,1-4H3/b10-8+. The normalized spacial score (nSPS) is 11.1. The van der Waals surface area contributed by atoms with E-state index >= 15 is 0 Å². The molecule has 1 aromatic carbocycles. The largest absolute Gasteiger partial charge is 0.460 e. The molecule has 1 aromatic rings. The van der Waals surface area contributed by atoms with Crippen LogP contribution in [0.25, 0.3) is 6.08 Å². The maximum atomic E-state index is 11.4. The van der Waals surface area contributed by atoms with Crippen LogP contribution in [0.2, 0.25) is 5.02 Å². The number of benzene rings is 1. The highest BCUT2D eigenvalue weighted by atomic mass is 35.5. The number of ether oxygens (including phenoxy) is 1. The van der Waals surface area contributed by atoms with Crippen molar-refractivity contribution in [2.45, 2.75) is 33.8 Å². The number of esters is 1. The molecule has 0 saturated heterocycles. The third-order valence-corrected chi connectivity index (χ3v) is 3.19. The lowest BCUT2D eigenvalue weighted by Crippen LogP contribution is -2.21. The first kappa shape index (κ1) is 16.6. The number of anilines is 1. The summed E-state index contributed by atoms with van der Waals surface area (Å²) in [7, 11) is 0. The van der Waals surface area contributed by atoms with Crippen LogP contribution in [0.4, 0.5) is 5.69 Å². The van der Waals surface area contributed by atoms with Crippen molar-refractivity contribution in [2.75, 3.05) is 18.0 Å². The quantitative estimate of drug-likeness (QED) is 0.583. The first-order valence-corrected chi connectivity index (χ1v) is 7.28. The average molecular weight is 296 g/mol. The first-order valence-electron chi connectivity index (χ1n) is 6.91. The van der Waals surface area contributed by atoms with Crippen molar-refractivity contribution in [3.8, 4) is 0 Å². The van der Waals surface area contributed by atoms with Crippen LogP contribution in [-0.4, -0.2) is 25.2 Å². The van der Waals surface area contributed by atoms with Crippen LogP contribution in [0.15, 0.2) is 24.3 Å². The van der Waals surface area contributed by atoms with Crippen molar-refractivity contribution in [2.24, 2.45) is 0 Å². The molecular weight excluding hydrogens is 274 g/mol. The van der Waals surface area contributed by atoms with E-state index in [1.165, 1.54) is 6.08 Å². The number of carbonyl (C=O) groups is 1. The van der Waals surface area contributed by atoms with E-state index in [1.807, 2.05) is 32.0 Å². The summed E-state index contributed by atoms with van der Waals surface area (Å²) < 4.78 is 5.03. The topological polar surface area (TPSA) is 29.5 Å². The van der Waals surface area contributed by atoms with E-state index in [0.29, 0.717) is 5.02 Å². The molecule has 0 spiro atoms.